The largest absolute Gasteiger partial charge is 0.416 e. The predicted octanol–water partition coefficient (Wildman–Crippen LogP) is 4.04. The maximum Gasteiger partial charge on any atom is 0.416 e. The van der Waals surface area contributed by atoms with Crippen LogP contribution in [0.25, 0.3) is 0 Å². The lowest BCUT2D eigenvalue weighted by atomic mass is 10.1. The van der Waals surface area contributed by atoms with Gasteiger partial charge >= 0.3 is 6.18 Å². The van der Waals surface area contributed by atoms with E-state index in [0.29, 0.717) is 5.56 Å². The number of rotatable bonds is 6. The maximum absolute atomic E-state index is 12.8. The van der Waals surface area contributed by atoms with Crippen molar-refractivity contribution in [2.45, 2.75) is 18.5 Å². The van der Waals surface area contributed by atoms with E-state index < -0.39 is 33.2 Å². The van der Waals surface area contributed by atoms with Gasteiger partial charge in [0.25, 0.3) is 0 Å². The summed E-state index contributed by atoms with van der Waals surface area (Å²) in [6, 6.07) is 11.3. The van der Waals surface area contributed by atoms with Gasteiger partial charge in [0.05, 0.1) is 11.3 Å². The second-order valence-electron chi connectivity index (χ2n) is 6.11. The van der Waals surface area contributed by atoms with Gasteiger partial charge in [-0.05, 0) is 35.4 Å². The van der Waals surface area contributed by atoms with Crippen LogP contribution >= 0.6 is 15.9 Å². The maximum atomic E-state index is 12.8. The highest BCUT2D eigenvalue weighted by Crippen LogP contribution is 2.29. The molecule has 2 rings (SSSR count). The highest BCUT2D eigenvalue weighted by Gasteiger charge is 2.30. The normalized spacial score (nSPS) is 12.0. The molecule has 0 radical (unpaired) electrons. The number of benzene rings is 2. The van der Waals surface area contributed by atoms with Gasteiger partial charge < -0.3 is 4.90 Å². The van der Waals surface area contributed by atoms with E-state index in [4.69, 9.17) is 0 Å². The van der Waals surface area contributed by atoms with E-state index in [-0.39, 0.29) is 17.9 Å². The second-order valence-corrected chi connectivity index (χ2v) is 9.09. The molecule has 0 bridgehead atoms. The minimum absolute atomic E-state index is 0.115. The van der Waals surface area contributed by atoms with Gasteiger partial charge in [0.15, 0.2) is 9.84 Å². The van der Waals surface area contributed by atoms with Crippen molar-refractivity contribution in [3.63, 3.8) is 0 Å². The molecular formula is C18H17BrF3NO3S. The Hall–Kier alpha value is -1.87. The molecule has 2 aromatic rings. The van der Waals surface area contributed by atoms with E-state index >= 15 is 0 Å². The molecule has 146 valence electrons. The first kappa shape index (κ1) is 21.4. The van der Waals surface area contributed by atoms with Gasteiger partial charge in [0.2, 0.25) is 5.91 Å². The van der Waals surface area contributed by atoms with E-state index in [9.17, 15) is 26.4 Å². The molecule has 0 fully saturated rings. The van der Waals surface area contributed by atoms with Crippen molar-refractivity contribution in [2.24, 2.45) is 0 Å². The molecule has 0 spiro atoms. The van der Waals surface area contributed by atoms with Gasteiger partial charge in [0, 0.05) is 18.1 Å². The average molecular weight is 464 g/mol. The number of amides is 1. The Kier molecular flexibility index (Phi) is 6.69. The smallest absolute Gasteiger partial charge is 0.341 e. The van der Waals surface area contributed by atoms with E-state index in [1.165, 1.54) is 19.2 Å². The average Bonchev–Trinajstić information content (AvgIpc) is 2.55. The third-order valence-corrected chi connectivity index (χ3v) is 5.73. The van der Waals surface area contributed by atoms with E-state index in [2.05, 4.69) is 15.9 Å². The number of alkyl halides is 3. The fourth-order valence-corrected chi connectivity index (χ4v) is 4.06. The van der Waals surface area contributed by atoms with Crippen molar-refractivity contribution in [1.82, 2.24) is 4.90 Å². The summed E-state index contributed by atoms with van der Waals surface area (Å²) in [6.45, 7) is -0.115. The molecule has 27 heavy (non-hydrogen) atoms. The first-order valence-electron chi connectivity index (χ1n) is 7.81. The fraction of sp³-hybridized carbons (Fsp3) is 0.278. The van der Waals surface area contributed by atoms with Crippen LogP contribution in [0, 0.1) is 0 Å². The molecule has 0 saturated heterocycles. The lowest BCUT2D eigenvalue weighted by Crippen LogP contribution is -2.32. The summed E-state index contributed by atoms with van der Waals surface area (Å²) in [5, 5.41) is 0. The molecule has 0 N–H and O–H groups in total. The zero-order chi connectivity index (χ0) is 20.2. The molecule has 0 unspecified atom stereocenters. The van der Waals surface area contributed by atoms with Crippen molar-refractivity contribution >= 4 is 31.7 Å². The Labute approximate surface area is 164 Å². The van der Waals surface area contributed by atoms with Crippen molar-refractivity contribution in [1.29, 1.82) is 0 Å². The molecule has 0 aliphatic heterocycles. The highest BCUT2D eigenvalue weighted by atomic mass is 79.9. The number of hydrogen-bond donors (Lipinski definition) is 0. The first-order valence-corrected chi connectivity index (χ1v) is 10.4. The van der Waals surface area contributed by atoms with Gasteiger partial charge in [-0.1, -0.05) is 40.2 Å². The Balaban J connectivity index is 2.01. The van der Waals surface area contributed by atoms with Crippen LogP contribution in [0.15, 0.2) is 53.0 Å². The van der Waals surface area contributed by atoms with Gasteiger partial charge in [-0.3, -0.25) is 4.79 Å². The molecule has 1 amide bonds. The molecule has 0 aliphatic rings. The van der Waals surface area contributed by atoms with Gasteiger partial charge in [-0.15, -0.1) is 0 Å². The van der Waals surface area contributed by atoms with E-state index in [0.717, 1.165) is 21.5 Å². The van der Waals surface area contributed by atoms with Crippen LogP contribution in [-0.4, -0.2) is 32.0 Å². The number of nitrogens with zero attached hydrogens (tertiary/aromatic N) is 1. The third-order valence-electron chi connectivity index (χ3n) is 3.74. The van der Waals surface area contributed by atoms with Crippen molar-refractivity contribution < 1.29 is 26.4 Å². The fourth-order valence-electron chi connectivity index (χ4n) is 2.39. The van der Waals surface area contributed by atoms with Crippen LogP contribution in [0.3, 0.4) is 0 Å². The first-order chi connectivity index (χ1) is 12.5. The molecule has 0 atom stereocenters. The van der Waals surface area contributed by atoms with Crippen molar-refractivity contribution in [3.05, 3.63) is 69.7 Å². The minimum atomic E-state index is -4.48. The molecule has 0 aliphatic carbocycles. The monoisotopic (exact) mass is 463 g/mol. The Bertz CT molecular complexity index is 912. The summed E-state index contributed by atoms with van der Waals surface area (Å²) in [7, 11) is -2.34. The summed E-state index contributed by atoms with van der Waals surface area (Å²) >= 11 is 3.25. The van der Waals surface area contributed by atoms with Crippen LogP contribution in [0.1, 0.15) is 16.7 Å². The quantitative estimate of drug-likeness (QED) is 0.649. The Morgan fingerprint density at radius 2 is 1.70 bits per heavy atom. The standard InChI is InChI=1S/C18H17BrF3NO3S/c1-23(10-14-3-2-4-15(9-14)18(20,21)22)17(24)12-27(25,26)11-13-5-7-16(19)8-6-13/h2-9H,10-12H2,1H3. The third kappa shape index (κ3) is 6.66. The summed E-state index contributed by atoms with van der Waals surface area (Å²) < 4.78 is 63.5. The molecule has 0 saturated carbocycles. The predicted molar refractivity (Wildman–Crippen MR) is 99.6 cm³/mol. The highest BCUT2D eigenvalue weighted by molar-refractivity contribution is 9.10. The molecule has 2 aromatic carbocycles. The number of halogens is 4. The topological polar surface area (TPSA) is 54.5 Å². The lowest BCUT2D eigenvalue weighted by Gasteiger charge is -2.18. The Morgan fingerprint density at radius 3 is 2.30 bits per heavy atom. The number of carbonyl (C=O) groups excluding carboxylic acids is 1. The van der Waals surface area contributed by atoms with Gasteiger partial charge in [-0.2, -0.15) is 13.2 Å². The molecule has 4 nitrogen and oxygen atoms in total. The summed E-state index contributed by atoms with van der Waals surface area (Å²) in [5.74, 6) is -1.67. The van der Waals surface area contributed by atoms with Crippen LogP contribution in [0.2, 0.25) is 0 Å². The zero-order valence-electron chi connectivity index (χ0n) is 14.3. The van der Waals surface area contributed by atoms with Gasteiger partial charge in [0.1, 0.15) is 5.75 Å². The summed E-state index contributed by atoms with van der Waals surface area (Å²) in [5.41, 5.74) is 0.00113. The minimum Gasteiger partial charge on any atom is -0.341 e. The molecular weight excluding hydrogens is 447 g/mol. The number of sulfone groups is 1. The van der Waals surface area contributed by atoms with E-state index in [1.54, 1.807) is 24.3 Å². The van der Waals surface area contributed by atoms with Gasteiger partial charge in [-0.25, -0.2) is 8.42 Å². The van der Waals surface area contributed by atoms with Crippen LogP contribution in [0.4, 0.5) is 13.2 Å². The molecule has 0 heterocycles. The van der Waals surface area contributed by atoms with Crippen LogP contribution in [0.5, 0.6) is 0 Å². The van der Waals surface area contributed by atoms with E-state index in [1.807, 2.05) is 0 Å². The summed E-state index contributed by atoms with van der Waals surface area (Å²) in [6.07, 6.45) is -4.48. The van der Waals surface area contributed by atoms with Crippen molar-refractivity contribution in [2.75, 3.05) is 12.8 Å². The summed E-state index contributed by atoms with van der Waals surface area (Å²) in [4.78, 5) is 13.3. The lowest BCUT2D eigenvalue weighted by molar-refractivity contribution is -0.137. The Morgan fingerprint density at radius 1 is 1.07 bits per heavy atom. The SMILES string of the molecule is CN(Cc1cccc(C(F)(F)F)c1)C(=O)CS(=O)(=O)Cc1ccc(Br)cc1. The molecule has 0 aromatic heterocycles. The number of hydrogen-bond acceptors (Lipinski definition) is 3. The van der Waals surface area contributed by atoms with Crippen LogP contribution < -0.4 is 0 Å². The number of carbonyl (C=O) groups is 1. The van der Waals surface area contributed by atoms with Crippen molar-refractivity contribution in [3.8, 4) is 0 Å². The second kappa shape index (κ2) is 8.43. The van der Waals surface area contributed by atoms with Crippen LogP contribution in [-0.2, 0) is 33.1 Å². The zero-order valence-corrected chi connectivity index (χ0v) is 16.7. The molecule has 9 heteroatoms.